The number of pyridine rings is 1. The molecule has 2 heterocycles. The van der Waals surface area contributed by atoms with Gasteiger partial charge in [-0.3, -0.25) is 19.1 Å². The first-order chi connectivity index (χ1) is 14.8. The summed E-state index contributed by atoms with van der Waals surface area (Å²) in [5.41, 5.74) is 9.86. The summed E-state index contributed by atoms with van der Waals surface area (Å²) in [5.74, 6) is -0.775. The van der Waals surface area contributed by atoms with E-state index in [1.54, 1.807) is 19.4 Å². The summed E-state index contributed by atoms with van der Waals surface area (Å²) in [5, 5.41) is 5.71. The zero-order chi connectivity index (χ0) is 22.5. The molecule has 1 amide bonds. The fourth-order valence-corrected chi connectivity index (χ4v) is 3.57. The van der Waals surface area contributed by atoms with Gasteiger partial charge in [-0.15, -0.1) is 0 Å². The van der Waals surface area contributed by atoms with Gasteiger partial charge in [-0.1, -0.05) is 12.1 Å². The van der Waals surface area contributed by atoms with Crippen LogP contribution >= 0.6 is 0 Å². The molecule has 9 heteroatoms. The Bertz CT molecular complexity index is 1150. The lowest BCUT2D eigenvalue weighted by Crippen LogP contribution is -2.31. The van der Waals surface area contributed by atoms with Gasteiger partial charge >= 0.3 is 0 Å². The quantitative estimate of drug-likeness (QED) is 0.531. The van der Waals surface area contributed by atoms with Crippen molar-refractivity contribution in [1.29, 1.82) is 0 Å². The van der Waals surface area contributed by atoms with Crippen LogP contribution in [-0.2, 0) is 17.9 Å². The lowest BCUT2D eigenvalue weighted by molar-refractivity contribution is 0.102. The molecule has 0 fully saturated rings. The van der Waals surface area contributed by atoms with Gasteiger partial charge in [0.2, 0.25) is 0 Å². The fraction of sp³-hybridized carbons (Fsp3) is 0.273. The van der Waals surface area contributed by atoms with Crippen LogP contribution in [0, 0.1) is 13.8 Å². The Labute approximate surface area is 180 Å². The third-order valence-electron chi connectivity index (χ3n) is 4.76. The highest BCUT2D eigenvalue weighted by Gasteiger charge is 2.20. The molecule has 0 aliphatic heterocycles. The Hall–Kier alpha value is -3.56. The summed E-state index contributed by atoms with van der Waals surface area (Å²) < 4.78 is 6.54. The molecule has 0 saturated heterocycles. The number of nitrogens with zero attached hydrogens (tertiary/aromatic N) is 3. The van der Waals surface area contributed by atoms with E-state index in [4.69, 9.17) is 10.5 Å². The van der Waals surface area contributed by atoms with Gasteiger partial charge < -0.3 is 21.1 Å². The normalized spacial score (nSPS) is 10.8. The Balaban J connectivity index is 2.01. The Morgan fingerprint density at radius 3 is 2.52 bits per heavy atom. The molecule has 0 radical (unpaired) electrons. The molecule has 4 N–H and O–H groups in total. The number of rotatable bonds is 7. The lowest BCUT2D eigenvalue weighted by Gasteiger charge is -2.16. The van der Waals surface area contributed by atoms with Crippen LogP contribution in [0.4, 0.5) is 11.5 Å². The Morgan fingerprint density at radius 2 is 1.87 bits per heavy atom. The average Bonchev–Trinajstić information content (AvgIpc) is 2.70. The van der Waals surface area contributed by atoms with Crippen LogP contribution in [-0.4, -0.2) is 34.6 Å². The van der Waals surface area contributed by atoms with Crippen molar-refractivity contribution in [2.45, 2.75) is 27.0 Å². The van der Waals surface area contributed by atoms with E-state index in [0.717, 1.165) is 22.3 Å². The van der Waals surface area contributed by atoms with E-state index < -0.39 is 11.5 Å². The highest BCUT2D eigenvalue weighted by molar-refractivity contribution is 6.06. The zero-order valence-electron chi connectivity index (χ0n) is 18.0. The number of amides is 1. The van der Waals surface area contributed by atoms with Gasteiger partial charge in [0.25, 0.3) is 11.5 Å². The van der Waals surface area contributed by atoms with E-state index in [2.05, 4.69) is 20.6 Å². The minimum atomic E-state index is -0.640. The molecule has 0 bridgehead atoms. The first-order valence-electron chi connectivity index (χ1n) is 9.72. The largest absolute Gasteiger partial charge is 0.383 e. The maximum absolute atomic E-state index is 13.2. The summed E-state index contributed by atoms with van der Waals surface area (Å²) in [6.45, 7) is 4.84. The van der Waals surface area contributed by atoms with Crippen molar-refractivity contribution in [2.24, 2.45) is 0 Å². The summed E-state index contributed by atoms with van der Waals surface area (Å²) in [6.07, 6.45) is 4.54. The highest BCUT2D eigenvalue weighted by Crippen LogP contribution is 2.21. The number of ether oxygens (including phenoxy) is 1. The first kappa shape index (κ1) is 22.1. The van der Waals surface area contributed by atoms with Crippen molar-refractivity contribution in [2.75, 3.05) is 25.2 Å². The summed E-state index contributed by atoms with van der Waals surface area (Å²) >= 11 is 0. The predicted octanol–water partition coefficient (Wildman–Crippen LogP) is 1.94. The Morgan fingerprint density at radius 1 is 1.16 bits per heavy atom. The Kier molecular flexibility index (Phi) is 6.78. The van der Waals surface area contributed by atoms with Crippen molar-refractivity contribution in [3.63, 3.8) is 0 Å². The number of nitrogens with two attached hydrogens (primary N) is 1. The van der Waals surface area contributed by atoms with Crippen LogP contribution in [0.1, 0.15) is 32.6 Å². The number of hydrogen-bond donors (Lipinski definition) is 3. The molecule has 3 aromatic rings. The number of anilines is 2. The summed E-state index contributed by atoms with van der Waals surface area (Å²) in [7, 11) is 3.44. The molecular formula is C22H26N6O3. The van der Waals surface area contributed by atoms with Crippen LogP contribution in [0.5, 0.6) is 0 Å². The fourth-order valence-electron chi connectivity index (χ4n) is 3.57. The van der Waals surface area contributed by atoms with E-state index >= 15 is 0 Å². The molecule has 3 rings (SSSR count). The van der Waals surface area contributed by atoms with Crippen molar-refractivity contribution in [1.82, 2.24) is 19.9 Å². The average molecular weight is 422 g/mol. The number of hydrogen-bond acceptors (Lipinski definition) is 7. The van der Waals surface area contributed by atoms with Gasteiger partial charge in [-0.2, -0.15) is 0 Å². The van der Waals surface area contributed by atoms with Crippen molar-refractivity contribution >= 4 is 17.4 Å². The number of benzene rings is 1. The van der Waals surface area contributed by atoms with Crippen molar-refractivity contribution in [3.8, 4) is 5.69 Å². The molecule has 9 nitrogen and oxygen atoms in total. The molecule has 0 aliphatic carbocycles. The van der Waals surface area contributed by atoms with Crippen LogP contribution in [0.3, 0.4) is 0 Å². The molecule has 31 heavy (non-hydrogen) atoms. The second-order valence-electron chi connectivity index (χ2n) is 7.26. The van der Waals surface area contributed by atoms with Crippen LogP contribution in [0.2, 0.25) is 0 Å². The van der Waals surface area contributed by atoms with Gasteiger partial charge in [0.15, 0.2) is 0 Å². The molecule has 0 aliphatic rings. The minimum absolute atomic E-state index is 0.135. The summed E-state index contributed by atoms with van der Waals surface area (Å²) in [6, 6.07) is 5.65. The minimum Gasteiger partial charge on any atom is -0.383 e. The SMILES string of the molecule is CNCc1cncc(NC(=O)c2c(N)ncn(-c3c(C)cc(COC)cc3C)c2=O)c1. The number of nitrogens with one attached hydrogen (secondary N) is 2. The summed E-state index contributed by atoms with van der Waals surface area (Å²) in [4.78, 5) is 34.4. The molecule has 1 aromatic carbocycles. The first-order valence-corrected chi connectivity index (χ1v) is 9.72. The van der Waals surface area contributed by atoms with Gasteiger partial charge in [-0.25, -0.2) is 4.98 Å². The maximum atomic E-state index is 13.2. The van der Waals surface area contributed by atoms with Crippen LogP contribution in [0.25, 0.3) is 5.69 Å². The van der Waals surface area contributed by atoms with Gasteiger partial charge in [0, 0.05) is 19.9 Å². The van der Waals surface area contributed by atoms with E-state index in [1.807, 2.05) is 33.0 Å². The smallest absolute Gasteiger partial charge is 0.272 e. The van der Waals surface area contributed by atoms with E-state index in [9.17, 15) is 9.59 Å². The molecule has 2 aromatic heterocycles. The lowest BCUT2D eigenvalue weighted by atomic mass is 10.0. The molecule has 0 unspecified atom stereocenters. The number of aryl methyl sites for hydroxylation is 2. The number of carbonyl (C=O) groups excluding carboxylic acids is 1. The molecule has 0 atom stereocenters. The third kappa shape index (κ3) is 4.79. The monoisotopic (exact) mass is 422 g/mol. The van der Waals surface area contributed by atoms with E-state index in [1.165, 1.54) is 17.1 Å². The predicted molar refractivity (Wildman–Crippen MR) is 119 cm³/mol. The van der Waals surface area contributed by atoms with Crippen LogP contribution < -0.4 is 21.9 Å². The van der Waals surface area contributed by atoms with E-state index in [0.29, 0.717) is 24.5 Å². The number of nitrogen functional groups attached to an aromatic ring is 1. The second kappa shape index (κ2) is 9.50. The van der Waals surface area contributed by atoms with Crippen molar-refractivity contribution in [3.05, 3.63) is 75.1 Å². The molecule has 0 saturated carbocycles. The van der Waals surface area contributed by atoms with Gasteiger partial charge in [0.1, 0.15) is 17.7 Å². The topological polar surface area (TPSA) is 124 Å². The number of carbonyl (C=O) groups is 1. The molecule has 162 valence electrons. The third-order valence-corrected chi connectivity index (χ3v) is 4.76. The second-order valence-corrected chi connectivity index (χ2v) is 7.26. The highest BCUT2D eigenvalue weighted by atomic mass is 16.5. The van der Waals surface area contributed by atoms with E-state index in [-0.39, 0.29) is 11.4 Å². The zero-order valence-corrected chi connectivity index (χ0v) is 18.0. The van der Waals surface area contributed by atoms with Gasteiger partial charge in [0.05, 0.1) is 24.2 Å². The molecular weight excluding hydrogens is 396 g/mol. The maximum Gasteiger partial charge on any atom is 0.272 e. The number of aromatic nitrogens is 3. The molecule has 0 spiro atoms. The van der Waals surface area contributed by atoms with Crippen LogP contribution in [0.15, 0.2) is 41.7 Å². The standard InChI is InChI=1S/C22H26N6O3/c1-13-5-15(11-31-4)6-14(2)19(13)28-12-26-20(23)18(22(28)30)21(29)27-17-7-16(8-24-3)9-25-10-17/h5-7,9-10,12,24H,8,11,23H2,1-4H3,(H,27,29). The number of methoxy groups -OCH3 is 1. The van der Waals surface area contributed by atoms with Gasteiger partial charge in [-0.05, 0) is 49.2 Å². The van der Waals surface area contributed by atoms with Crippen molar-refractivity contribution < 1.29 is 9.53 Å².